The van der Waals surface area contributed by atoms with E-state index in [-0.39, 0.29) is 6.10 Å². The molecule has 0 aromatic heterocycles. The van der Waals surface area contributed by atoms with Crippen LogP contribution in [-0.2, 0) is 4.74 Å². The molecule has 1 aliphatic rings. The number of ether oxygens (including phenoxy) is 1. The van der Waals surface area contributed by atoms with Crippen molar-refractivity contribution < 1.29 is 4.74 Å². The summed E-state index contributed by atoms with van der Waals surface area (Å²) in [7, 11) is 0. The summed E-state index contributed by atoms with van der Waals surface area (Å²) in [6, 6.07) is 3.80. The first-order valence-corrected chi connectivity index (χ1v) is 7.88. The fraction of sp³-hybridized carbons (Fsp3) is 0.538. The second-order valence-corrected chi connectivity index (χ2v) is 6.10. The van der Waals surface area contributed by atoms with Crippen molar-refractivity contribution in [3.63, 3.8) is 0 Å². The summed E-state index contributed by atoms with van der Waals surface area (Å²) in [5, 5.41) is 4.38. The maximum absolute atomic E-state index is 6.20. The Kier molecular flexibility index (Phi) is 5.78. The number of nitrogens with zero attached hydrogens (tertiary/aromatic N) is 1. The largest absolute Gasteiger partial charge is 0.381 e. The number of anilines is 1. The minimum absolute atomic E-state index is 0.187. The van der Waals surface area contributed by atoms with Crippen LogP contribution >= 0.6 is 39.1 Å². The predicted molar refractivity (Wildman–Crippen MR) is 84.5 cm³/mol. The second-order valence-electron chi connectivity index (χ2n) is 4.49. The quantitative estimate of drug-likeness (QED) is 0.817. The second kappa shape index (κ2) is 7.14. The van der Waals surface area contributed by atoms with Crippen LogP contribution < -0.4 is 5.32 Å². The first kappa shape index (κ1) is 15.4. The van der Waals surface area contributed by atoms with E-state index in [4.69, 9.17) is 27.9 Å². The molecule has 6 heteroatoms. The monoisotopic (exact) mass is 366 g/mol. The molecule has 0 saturated carbocycles. The highest BCUT2D eigenvalue weighted by Gasteiger charge is 2.19. The Morgan fingerprint density at radius 2 is 2.21 bits per heavy atom. The Morgan fingerprint density at radius 3 is 2.95 bits per heavy atom. The molecule has 2 rings (SSSR count). The molecule has 1 aromatic carbocycles. The number of hydrogen-bond acceptors (Lipinski definition) is 3. The molecule has 1 saturated heterocycles. The van der Waals surface area contributed by atoms with Crippen molar-refractivity contribution in [3.05, 3.63) is 26.7 Å². The SMILES string of the molecule is CCN1CCOC(CNc2ccc(Br)c(Cl)c2Cl)C1. The lowest BCUT2D eigenvalue weighted by atomic mass is 10.2. The van der Waals surface area contributed by atoms with Crippen LogP contribution in [0.4, 0.5) is 5.69 Å². The number of rotatable bonds is 4. The lowest BCUT2D eigenvalue weighted by molar-refractivity contribution is -0.0191. The highest BCUT2D eigenvalue weighted by molar-refractivity contribution is 9.10. The zero-order valence-electron chi connectivity index (χ0n) is 10.8. The smallest absolute Gasteiger partial charge is 0.0874 e. The first-order chi connectivity index (χ1) is 9.11. The third-order valence-electron chi connectivity index (χ3n) is 3.23. The van der Waals surface area contributed by atoms with E-state index in [9.17, 15) is 0 Å². The third-order valence-corrected chi connectivity index (χ3v) is 5.00. The molecular formula is C13H17BrCl2N2O. The van der Waals surface area contributed by atoms with Crippen LogP contribution in [0, 0.1) is 0 Å². The lowest BCUT2D eigenvalue weighted by Crippen LogP contribution is -2.45. The van der Waals surface area contributed by atoms with Gasteiger partial charge >= 0.3 is 0 Å². The molecule has 0 radical (unpaired) electrons. The Bertz CT molecular complexity index is 445. The fourth-order valence-corrected chi connectivity index (χ4v) is 2.92. The van der Waals surface area contributed by atoms with Crippen molar-refractivity contribution in [1.82, 2.24) is 4.90 Å². The molecule has 0 spiro atoms. The average molecular weight is 368 g/mol. The van der Waals surface area contributed by atoms with E-state index in [0.29, 0.717) is 10.0 Å². The molecule has 1 aliphatic heterocycles. The number of halogens is 3. The summed E-state index contributed by atoms with van der Waals surface area (Å²) in [6.45, 7) is 6.71. The van der Waals surface area contributed by atoms with Crippen molar-refractivity contribution in [3.8, 4) is 0 Å². The third kappa shape index (κ3) is 3.99. The van der Waals surface area contributed by atoms with Gasteiger partial charge in [-0.25, -0.2) is 0 Å². The standard InChI is InChI=1S/C13H17BrCl2N2O/c1-2-18-5-6-19-9(8-18)7-17-11-4-3-10(14)12(15)13(11)16/h3-4,9,17H,2,5-8H2,1H3. The summed E-state index contributed by atoms with van der Waals surface area (Å²) in [5.41, 5.74) is 0.840. The molecule has 1 heterocycles. The normalized spacial score (nSPS) is 20.5. The summed E-state index contributed by atoms with van der Waals surface area (Å²) in [5.74, 6) is 0. The first-order valence-electron chi connectivity index (χ1n) is 6.33. The van der Waals surface area contributed by atoms with Crippen LogP contribution in [0.25, 0.3) is 0 Å². The summed E-state index contributed by atoms with van der Waals surface area (Å²) in [6.07, 6.45) is 0.187. The molecule has 1 atom stereocenters. The fourth-order valence-electron chi connectivity index (χ4n) is 2.08. The molecule has 0 aliphatic carbocycles. The molecule has 1 unspecified atom stereocenters. The Labute approximate surface area is 132 Å². The van der Waals surface area contributed by atoms with Crippen LogP contribution in [0.2, 0.25) is 10.0 Å². The molecule has 1 aromatic rings. The molecule has 0 bridgehead atoms. The number of nitrogens with one attached hydrogen (secondary N) is 1. The van der Waals surface area contributed by atoms with Crippen molar-refractivity contribution in [1.29, 1.82) is 0 Å². The lowest BCUT2D eigenvalue weighted by Gasteiger charge is -2.32. The van der Waals surface area contributed by atoms with Crippen molar-refractivity contribution in [2.24, 2.45) is 0 Å². The average Bonchev–Trinajstić information content (AvgIpc) is 2.44. The van der Waals surface area contributed by atoms with Gasteiger partial charge in [-0.05, 0) is 34.6 Å². The van der Waals surface area contributed by atoms with Crippen LogP contribution in [0.5, 0.6) is 0 Å². The van der Waals surface area contributed by atoms with E-state index in [2.05, 4.69) is 33.1 Å². The van der Waals surface area contributed by atoms with Gasteiger partial charge in [0.15, 0.2) is 0 Å². The zero-order valence-corrected chi connectivity index (χ0v) is 13.9. The molecule has 19 heavy (non-hydrogen) atoms. The maximum atomic E-state index is 6.20. The number of likely N-dealkylation sites (N-methyl/N-ethyl adjacent to an activating group) is 1. The van der Waals surface area contributed by atoms with Crippen LogP contribution in [-0.4, -0.2) is 43.8 Å². The number of morpholine rings is 1. The highest BCUT2D eigenvalue weighted by Crippen LogP contribution is 2.35. The van der Waals surface area contributed by atoms with Crippen molar-refractivity contribution in [2.45, 2.75) is 13.0 Å². The molecular weight excluding hydrogens is 351 g/mol. The van der Waals surface area contributed by atoms with Gasteiger partial charge in [-0.1, -0.05) is 30.1 Å². The molecule has 1 fully saturated rings. The van der Waals surface area contributed by atoms with Gasteiger partial charge in [0, 0.05) is 24.1 Å². The molecule has 106 valence electrons. The molecule has 3 nitrogen and oxygen atoms in total. The topological polar surface area (TPSA) is 24.5 Å². The van der Waals surface area contributed by atoms with E-state index in [1.54, 1.807) is 0 Å². The van der Waals surface area contributed by atoms with Gasteiger partial charge in [0.05, 0.1) is 28.4 Å². The Balaban J connectivity index is 1.93. The van der Waals surface area contributed by atoms with Gasteiger partial charge in [-0.15, -0.1) is 0 Å². The predicted octanol–water partition coefficient (Wildman–Crippen LogP) is 3.89. The van der Waals surface area contributed by atoms with Gasteiger partial charge in [0.2, 0.25) is 0 Å². The van der Waals surface area contributed by atoms with E-state index in [0.717, 1.165) is 42.9 Å². The minimum atomic E-state index is 0.187. The number of benzene rings is 1. The van der Waals surface area contributed by atoms with Gasteiger partial charge in [-0.3, -0.25) is 4.90 Å². The Morgan fingerprint density at radius 1 is 1.42 bits per heavy atom. The van der Waals surface area contributed by atoms with E-state index >= 15 is 0 Å². The van der Waals surface area contributed by atoms with E-state index in [1.165, 1.54) is 0 Å². The highest BCUT2D eigenvalue weighted by atomic mass is 79.9. The van der Waals surface area contributed by atoms with Crippen LogP contribution in [0.1, 0.15) is 6.92 Å². The van der Waals surface area contributed by atoms with Gasteiger partial charge in [0.1, 0.15) is 0 Å². The van der Waals surface area contributed by atoms with Crippen LogP contribution in [0.15, 0.2) is 16.6 Å². The molecule has 1 N–H and O–H groups in total. The maximum Gasteiger partial charge on any atom is 0.0874 e. The Hall–Kier alpha value is -0.000000000000000111. The summed E-state index contributed by atoms with van der Waals surface area (Å²) >= 11 is 15.6. The van der Waals surface area contributed by atoms with Gasteiger partial charge < -0.3 is 10.1 Å². The van der Waals surface area contributed by atoms with Crippen LogP contribution in [0.3, 0.4) is 0 Å². The summed E-state index contributed by atoms with van der Waals surface area (Å²) in [4.78, 5) is 2.38. The zero-order chi connectivity index (χ0) is 13.8. The molecule has 0 amide bonds. The van der Waals surface area contributed by atoms with Crippen molar-refractivity contribution >= 4 is 44.8 Å². The van der Waals surface area contributed by atoms with Gasteiger partial charge in [0.25, 0.3) is 0 Å². The minimum Gasteiger partial charge on any atom is -0.381 e. The number of hydrogen-bond donors (Lipinski definition) is 1. The van der Waals surface area contributed by atoms with Crippen molar-refractivity contribution in [2.75, 3.05) is 38.1 Å². The van der Waals surface area contributed by atoms with E-state index < -0.39 is 0 Å². The van der Waals surface area contributed by atoms with E-state index in [1.807, 2.05) is 12.1 Å². The summed E-state index contributed by atoms with van der Waals surface area (Å²) < 4.78 is 6.54. The van der Waals surface area contributed by atoms with Gasteiger partial charge in [-0.2, -0.15) is 0 Å².